The average molecular weight is 453 g/mol. The highest BCUT2D eigenvalue weighted by Gasteiger charge is 2.49. The summed E-state index contributed by atoms with van der Waals surface area (Å²) in [7, 11) is 0. The van der Waals surface area contributed by atoms with Crippen LogP contribution in [0.15, 0.2) is 30.3 Å². The average Bonchev–Trinajstić information content (AvgIpc) is 3.32. The summed E-state index contributed by atoms with van der Waals surface area (Å²) in [5.41, 5.74) is 1.10. The van der Waals surface area contributed by atoms with Gasteiger partial charge in [-0.15, -0.1) is 12.4 Å². The lowest BCUT2D eigenvalue weighted by Crippen LogP contribution is -2.55. The molecule has 0 unspecified atom stereocenters. The molecule has 172 valence electrons. The lowest BCUT2D eigenvalue weighted by Gasteiger charge is -2.31. The summed E-state index contributed by atoms with van der Waals surface area (Å²) >= 11 is 0. The second-order valence-electron chi connectivity index (χ2n) is 8.31. The molecule has 1 aliphatic heterocycles. The summed E-state index contributed by atoms with van der Waals surface area (Å²) in [4.78, 5) is 39.1. The normalized spacial score (nSPS) is 24.1. The number of aliphatic carboxylic acids is 1. The molecule has 2 N–H and O–H groups in total. The first-order valence-corrected chi connectivity index (χ1v) is 10.9. The van der Waals surface area contributed by atoms with Crippen molar-refractivity contribution in [2.75, 3.05) is 6.61 Å². The second kappa shape index (κ2) is 11.5. The van der Waals surface area contributed by atoms with Crippen LogP contribution < -0.4 is 5.32 Å². The molecule has 2 fully saturated rings. The predicted molar refractivity (Wildman–Crippen MR) is 119 cm³/mol. The van der Waals surface area contributed by atoms with E-state index in [2.05, 4.69) is 5.32 Å². The fourth-order valence-electron chi connectivity index (χ4n) is 4.89. The number of likely N-dealkylation sites (tertiary alicyclic amines) is 1. The van der Waals surface area contributed by atoms with Crippen LogP contribution in [0.5, 0.6) is 0 Å². The van der Waals surface area contributed by atoms with Crippen LogP contribution in [0.2, 0.25) is 0 Å². The number of halogens is 1. The number of carbonyl (C=O) groups is 3. The van der Waals surface area contributed by atoms with Crippen LogP contribution >= 0.6 is 12.4 Å². The molecule has 1 amide bonds. The number of hydrogen-bond donors (Lipinski definition) is 2. The van der Waals surface area contributed by atoms with Crippen LogP contribution in [-0.4, -0.2) is 58.6 Å². The number of carboxylic acids is 1. The van der Waals surface area contributed by atoms with E-state index in [-0.39, 0.29) is 42.9 Å². The van der Waals surface area contributed by atoms with Crippen LogP contribution in [0.3, 0.4) is 0 Å². The Kier molecular flexibility index (Phi) is 9.32. The molecule has 1 saturated heterocycles. The zero-order valence-corrected chi connectivity index (χ0v) is 19.0. The quantitative estimate of drug-likeness (QED) is 0.559. The van der Waals surface area contributed by atoms with Crippen molar-refractivity contribution < 1.29 is 24.2 Å². The Hall–Kier alpha value is -2.12. The highest BCUT2D eigenvalue weighted by molar-refractivity contribution is 5.88. The SMILES string of the molecule is CCOC(=O)[C@H](CCc1ccccc1)N[C@@H](C)C(=O)N1[C@@H](C(=O)O)C[C@H]2CCC[C@H]21.Cl. The third kappa shape index (κ3) is 5.98. The van der Waals surface area contributed by atoms with Gasteiger partial charge in [-0.2, -0.15) is 0 Å². The van der Waals surface area contributed by atoms with E-state index >= 15 is 0 Å². The zero-order valence-electron chi connectivity index (χ0n) is 18.2. The van der Waals surface area contributed by atoms with E-state index in [4.69, 9.17) is 4.74 Å². The van der Waals surface area contributed by atoms with E-state index in [1.807, 2.05) is 30.3 Å². The standard InChI is InChI=1S/C23H32N2O5.ClH/c1-3-30-23(29)18(13-12-16-8-5-4-6-9-16)24-15(2)21(26)25-19-11-7-10-17(19)14-20(25)22(27)28;/h4-6,8-9,15,17-20,24H,3,7,10-14H2,1-2H3,(H,27,28);1H/t15-,17+,18-,19+,20+;/m0./s1. The van der Waals surface area contributed by atoms with Crippen molar-refractivity contribution in [3.05, 3.63) is 35.9 Å². The first kappa shape index (κ1) is 25.1. The summed E-state index contributed by atoms with van der Waals surface area (Å²) in [6.07, 6.45) is 4.54. The number of aryl methyl sites for hydroxylation is 1. The first-order chi connectivity index (χ1) is 14.4. The Morgan fingerprint density at radius 1 is 1.23 bits per heavy atom. The lowest BCUT2D eigenvalue weighted by molar-refractivity contribution is -0.151. The fraction of sp³-hybridized carbons (Fsp3) is 0.609. The molecule has 5 atom stereocenters. The van der Waals surface area contributed by atoms with Crippen LogP contribution in [0.25, 0.3) is 0 Å². The molecule has 0 aromatic heterocycles. The smallest absolute Gasteiger partial charge is 0.326 e. The van der Waals surface area contributed by atoms with Gasteiger partial charge in [0, 0.05) is 6.04 Å². The van der Waals surface area contributed by atoms with Gasteiger partial charge in [-0.3, -0.25) is 14.9 Å². The molecule has 1 heterocycles. The Labute approximate surface area is 189 Å². The maximum Gasteiger partial charge on any atom is 0.326 e. The number of carboxylic acid groups (broad SMARTS) is 1. The number of amides is 1. The van der Waals surface area contributed by atoms with Crippen molar-refractivity contribution in [1.82, 2.24) is 10.2 Å². The topological polar surface area (TPSA) is 95.9 Å². The number of carbonyl (C=O) groups excluding carboxylic acids is 2. The second-order valence-corrected chi connectivity index (χ2v) is 8.31. The third-order valence-corrected chi connectivity index (χ3v) is 6.33. The first-order valence-electron chi connectivity index (χ1n) is 10.9. The monoisotopic (exact) mass is 452 g/mol. The van der Waals surface area contributed by atoms with Gasteiger partial charge in [-0.25, -0.2) is 4.79 Å². The van der Waals surface area contributed by atoms with Gasteiger partial charge in [0.2, 0.25) is 5.91 Å². The van der Waals surface area contributed by atoms with Gasteiger partial charge in [0.15, 0.2) is 0 Å². The molecule has 0 radical (unpaired) electrons. The Morgan fingerprint density at radius 3 is 2.58 bits per heavy atom. The Morgan fingerprint density at radius 2 is 1.94 bits per heavy atom. The van der Waals surface area contributed by atoms with Gasteiger partial charge in [0.05, 0.1) is 12.6 Å². The van der Waals surface area contributed by atoms with Gasteiger partial charge in [-0.1, -0.05) is 36.8 Å². The van der Waals surface area contributed by atoms with Crippen LogP contribution in [0.4, 0.5) is 0 Å². The molecule has 1 aromatic carbocycles. The summed E-state index contributed by atoms with van der Waals surface area (Å²) in [5, 5.41) is 12.8. The number of esters is 1. The summed E-state index contributed by atoms with van der Waals surface area (Å²) in [6.45, 7) is 3.72. The van der Waals surface area contributed by atoms with Crippen molar-refractivity contribution in [2.24, 2.45) is 5.92 Å². The Balaban J connectivity index is 0.00000341. The molecular weight excluding hydrogens is 420 g/mol. The molecule has 7 nitrogen and oxygen atoms in total. The van der Waals surface area contributed by atoms with Gasteiger partial charge >= 0.3 is 11.9 Å². The molecular formula is C23H33ClN2O5. The van der Waals surface area contributed by atoms with E-state index in [9.17, 15) is 19.5 Å². The van der Waals surface area contributed by atoms with Crippen LogP contribution in [-0.2, 0) is 25.5 Å². The molecule has 8 heteroatoms. The number of nitrogens with zero attached hydrogens (tertiary/aromatic N) is 1. The van der Waals surface area contributed by atoms with E-state index in [1.165, 1.54) is 0 Å². The van der Waals surface area contributed by atoms with Crippen LogP contribution in [0.1, 0.15) is 51.5 Å². The maximum absolute atomic E-state index is 13.2. The Bertz CT molecular complexity index is 760. The highest BCUT2D eigenvalue weighted by Crippen LogP contribution is 2.41. The third-order valence-electron chi connectivity index (χ3n) is 6.33. The van der Waals surface area contributed by atoms with Gasteiger partial charge in [-0.05, 0) is 57.4 Å². The van der Waals surface area contributed by atoms with Crippen molar-refractivity contribution in [3.63, 3.8) is 0 Å². The van der Waals surface area contributed by atoms with Gasteiger partial charge < -0.3 is 14.7 Å². The summed E-state index contributed by atoms with van der Waals surface area (Å²) < 4.78 is 5.21. The minimum atomic E-state index is -0.948. The molecule has 1 saturated carbocycles. The van der Waals surface area contributed by atoms with Gasteiger partial charge in [0.25, 0.3) is 0 Å². The van der Waals surface area contributed by atoms with Crippen molar-refractivity contribution >= 4 is 30.3 Å². The zero-order chi connectivity index (χ0) is 21.7. The van der Waals surface area contributed by atoms with E-state index in [0.29, 0.717) is 19.3 Å². The van der Waals surface area contributed by atoms with E-state index in [1.54, 1.807) is 18.7 Å². The van der Waals surface area contributed by atoms with E-state index in [0.717, 1.165) is 24.8 Å². The minimum absolute atomic E-state index is 0. The molecule has 0 spiro atoms. The number of benzene rings is 1. The van der Waals surface area contributed by atoms with Crippen LogP contribution in [0, 0.1) is 5.92 Å². The predicted octanol–water partition coefficient (Wildman–Crippen LogP) is 2.81. The number of fused-ring (bicyclic) bond motifs is 1. The lowest BCUT2D eigenvalue weighted by atomic mass is 10.0. The summed E-state index contributed by atoms with van der Waals surface area (Å²) in [6, 6.07) is 7.76. The molecule has 1 aliphatic carbocycles. The number of hydrogen-bond acceptors (Lipinski definition) is 5. The highest BCUT2D eigenvalue weighted by atomic mass is 35.5. The molecule has 2 aliphatic rings. The van der Waals surface area contributed by atoms with Crippen molar-refractivity contribution in [1.29, 1.82) is 0 Å². The molecule has 1 aromatic rings. The molecule has 31 heavy (non-hydrogen) atoms. The molecule has 0 bridgehead atoms. The largest absolute Gasteiger partial charge is 0.480 e. The van der Waals surface area contributed by atoms with Gasteiger partial charge in [0.1, 0.15) is 12.1 Å². The maximum atomic E-state index is 13.2. The van der Waals surface area contributed by atoms with Crippen molar-refractivity contribution in [2.45, 2.75) is 76.5 Å². The van der Waals surface area contributed by atoms with E-state index < -0.39 is 24.1 Å². The summed E-state index contributed by atoms with van der Waals surface area (Å²) in [5.74, 6) is -1.31. The minimum Gasteiger partial charge on any atom is -0.480 e. The molecule has 3 rings (SSSR count). The fourth-order valence-corrected chi connectivity index (χ4v) is 4.89. The van der Waals surface area contributed by atoms with Crippen molar-refractivity contribution in [3.8, 4) is 0 Å². The number of ether oxygens (including phenoxy) is 1. The number of nitrogens with one attached hydrogen (secondary N) is 1. The number of rotatable bonds is 9.